The molecule has 0 aliphatic rings. The molecule has 3 rings (SSSR count). The molecule has 30 heavy (non-hydrogen) atoms. The monoisotopic (exact) mass is 394 g/mol. The predicted octanol–water partition coefficient (Wildman–Crippen LogP) is 6.90. The number of hydrogen-bond donors (Lipinski definition) is 0. The molecule has 0 aromatic heterocycles. The van der Waals surface area contributed by atoms with Crippen LogP contribution < -0.4 is 4.74 Å². The average Bonchev–Trinajstić information content (AvgIpc) is 2.79. The van der Waals surface area contributed by atoms with Crippen LogP contribution >= 0.6 is 0 Å². The van der Waals surface area contributed by atoms with Crippen LogP contribution in [0.5, 0.6) is 5.75 Å². The van der Waals surface area contributed by atoms with Crippen LogP contribution in [0.1, 0.15) is 49.8 Å². The molecule has 0 aliphatic heterocycles. The second kappa shape index (κ2) is 10.3. The Morgan fingerprint density at radius 3 is 1.70 bits per heavy atom. The summed E-state index contributed by atoms with van der Waals surface area (Å²) in [6.07, 6.45) is 4.24. The Morgan fingerprint density at radius 2 is 1.23 bits per heavy atom. The molecule has 0 bridgehead atoms. The molecule has 150 valence electrons. The maximum Gasteiger partial charge on any atom is 0.119 e. The molecule has 3 aromatic carbocycles. The van der Waals surface area contributed by atoms with E-state index in [1.54, 1.807) is 0 Å². The van der Waals surface area contributed by atoms with Crippen molar-refractivity contribution < 1.29 is 4.74 Å². The van der Waals surface area contributed by atoms with Crippen molar-refractivity contribution in [1.29, 1.82) is 10.5 Å². The molecule has 3 aromatic rings. The van der Waals surface area contributed by atoms with Crippen molar-refractivity contribution in [3.8, 4) is 40.1 Å². The highest BCUT2D eigenvalue weighted by atomic mass is 16.5. The molecule has 0 spiro atoms. The van der Waals surface area contributed by atoms with Crippen molar-refractivity contribution >= 4 is 0 Å². The van der Waals surface area contributed by atoms with E-state index in [1.807, 2.05) is 48.5 Å². The Labute approximate surface area is 179 Å². The number of rotatable bonds is 8. The number of nitrogens with zero attached hydrogens (tertiary/aromatic N) is 2. The van der Waals surface area contributed by atoms with Gasteiger partial charge >= 0.3 is 0 Å². The van der Waals surface area contributed by atoms with Gasteiger partial charge in [-0.15, -0.1) is 0 Å². The highest BCUT2D eigenvalue weighted by Crippen LogP contribution is 2.33. The van der Waals surface area contributed by atoms with E-state index in [0.29, 0.717) is 17.7 Å². The third-order valence-corrected chi connectivity index (χ3v) is 5.16. The van der Waals surface area contributed by atoms with E-state index < -0.39 is 0 Å². The lowest BCUT2D eigenvalue weighted by Gasteiger charge is -2.12. The zero-order chi connectivity index (χ0) is 21.3. The van der Waals surface area contributed by atoms with Gasteiger partial charge < -0.3 is 4.74 Å². The molecule has 0 radical (unpaired) electrons. The molecular weight excluding hydrogens is 368 g/mol. The van der Waals surface area contributed by atoms with Crippen LogP contribution in [0.2, 0.25) is 0 Å². The fourth-order valence-electron chi connectivity index (χ4n) is 3.52. The number of ether oxygens (including phenoxy) is 1. The number of benzene rings is 3. The van der Waals surface area contributed by atoms with Gasteiger partial charge in [-0.3, -0.25) is 0 Å². The molecule has 0 amide bonds. The van der Waals surface area contributed by atoms with E-state index in [1.165, 1.54) is 5.56 Å². The van der Waals surface area contributed by atoms with E-state index in [9.17, 15) is 10.5 Å². The molecule has 0 atom stereocenters. The number of hydrogen-bond acceptors (Lipinski definition) is 3. The van der Waals surface area contributed by atoms with Gasteiger partial charge in [0.25, 0.3) is 0 Å². The predicted molar refractivity (Wildman–Crippen MR) is 121 cm³/mol. The molecule has 3 nitrogen and oxygen atoms in total. The van der Waals surface area contributed by atoms with Crippen molar-refractivity contribution in [3.05, 3.63) is 77.4 Å². The van der Waals surface area contributed by atoms with Crippen LogP contribution in [0.15, 0.2) is 60.7 Å². The van der Waals surface area contributed by atoms with Gasteiger partial charge in [-0.2, -0.15) is 10.5 Å². The third-order valence-electron chi connectivity index (χ3n) is 5.16. The maximum atomic E-state index is 9.85. The lowest BCUT2D eigenvalue weighted by atomic mass is 9.90. The van der Waals surface area contributed by atoms with Gasteiger partial charge in [0.2, 0.25) is 0 Å². The number of nitriles is 2. The maximum absolute atomic E-state index is 9.85. The summed E-state index contributed by atoms with van der Waals surface area (Å²) in [5, 5.41) is 19.7. The summed E-state index contributed by atoms with van der Waals surface area (Å²) in [6.45, 7) is 4.99. The minimum atomic E-state index is 0.410. The standard InChI is InChI=1S/C27H26N2O/c1-3-5-17-30-23-13-11-22(12-14-23)25-16-15-24(26(18-28)27(25)19-29)21-9-7-20(6-4-2)8-10-21/h7-16H,3-6,17H2,1-2H3. The lowest BCUT2D eigenvalue weighted by molar-refractivity contribution is 0.309. The first-order valence-electron chi connectivity index (χ1n) is 10.5. The molecule has 0 fully saturated rings. The van der Waals surface area contributed by atoms with Crippen LogP contribution in [0.4, 0.5) is 0 Å². The van der Waals surface area contributed by atoms with Crippen molar-refractivity contribution in [2.45, 2.75) is 39.5 Å². The summed E-state index contributed by atoms with van der Waals surface area (Å²) >= 11 is 0. The Bertz CT molecular complexity index is 1070. The van der Waals surface area contributed by atoms with Gasteiger partial charge in [-0.25, -0.2) is 0 Å². The van der Waals surface area contributed by atoms with Crippen molar-refractivity contribution in [3.63, 3.8) is 0 Å². The van der Waals surface area contributed by atoms with Crippen molar-refractivity contribution in [1.82, 2.24) is 0 Å². The van der Waals surface area contributed by atoms with Gasteiger partial charge in [0.15, 0.2) is 0 Å². The Morgan fingerprint density at radius 1 is 0.700 bits per heavy atom. The highest BCUT2D eigenvalue weighted by molar-refractivity contribution is 5.82. The third kappa shape index (κ3) is 4.70. The lowest BCUT2D eigenvalue weighted by Crippen LogP contribution is -1.97. The average molecular weight is 395 g/mol. The summed E-state index contributed by atoms with van der Waals surface area (Å²) in [5.41, 5.74) is 5.51. The Balaban J connectivity index is 1.96. The van der Waals surface area contributed by atoms with Gasteiger partial charge in [0.1, 0.15) is 17.9 Å². The number of aryl methyl sites for hydroxylation is 1. The molecular formula is C27H26N2O. The minimum Gasteiger partial charge on any atom is -0.494 e. The van der Waals surface area contributed by atoms with E-state index in [0.717, 1.165) is 53.7 Å². The van der Waals surface area contributed by atoms with Crippen LogP contribution in [0, 0.1) is 22.7 Å². The second-order valence-electron chi connectivity index (χ2n) is 7.31. The van der Waals surface area contributed by atoms with Crippen LogP contribution in [0.25, 0.3) is 22.3 Å². The second-order valence-corrected chi connectivity index (χ2v) is 7.31. The van der Waals surface area contributed by atoms with Gasteiger partial charge in [0, 0.05) is 11.1 Å². The molecule has 0 aliphatic carbocycles. The minimum absolute atomic E-state index is 0.410. The summed E-state index contributed by atoms with van der Waals surface area (Å²) in [5.74, 6) is 0.815. The fraction of sp³-hybridized carbons (Fsp3) is 0.259. The molecule has 3 heteroatoms. The zero-order valence-electron chi connectivity index (χ0n) is 17.6. The van der Waals surface area contributed by atoms with Crippen molar-refractivity contribution in [2.24, 2.45) is 0 Å². The molecule has 0 heterocycles. The van der Waals surface area contributed by atoms with E-state index in [2.05, 4.69) is 38.1 Å². The summed E-state index contributed by atoms with van der Waals surface area (Å²) in [4.78, 5) is 0. The van der Waals surface area contributed by atoms with Gasteiger partial charge in [-0.1, -0.05) is 75.2 Å². The number of unbranched alkanes of at least 4 members (excludes halogenated alkanes) is 1. The van der Waals surface area contributed by atoms with Gasteiger partial charge in [-0.05, 0) is 41.7 Å². The summed E-state index contributed by atoms with van der Waals surface area (Å²) < 4.78 is 5.73. The Kier molecular flexibility index (Phi) is 7.25. The normalized spacial score (nSPS) is 10.3. The first kappa shape index (κ1) is 21.2. The molecule has 0 unspecified atom stereocenters. The first-order chi connectivity index (χ1) is 14.7. The quantitative estimate of drug-likeness (QED) is 0.391. The fourth-order valence-corrected chi connectivity index (χ4v) is 3.52. The highest BCUT2D eigenvalue weighted by Gasteiger charge is 2.16. The zero-order valence-corrected chi connectivity index (χ0v) is 17.6. The Hall–Kier alpha value is -3.56. The molecule has 0 saturated carbocycles. The summed E-state index contributed by atoms with van der Waals surface area (Å²) in [6, 6.07) is 24.4. The molecule has 0 N–H and O–H groups in total. The first-order valence-corrected chi connectivity index (χ1v) is 10.5. The van der Waals surface area contributed by atoms with Crippen LogP contribution in [0.3, 0.4) is 0 Å². The largest absolute Gasteiger partial charge is 0.494 e. The van der Waals surface area contributed by atoms with Crippen molar-refractivity contribution in [2.75, 3.05) is 6.61 Å². The topological polar surface area (TPSA) is 56.8 Å². The smallest absolute Gasteiger partial charge is 0.119 e. The van der Waals surface area contributed by atoms with Gasteiger partial charge in [0.05, 0.1) is 17.7 Å². The van der Waals surface area contributed by atoms with E-state index in [4.69, 9.17) is 4.74 Å². The summed E-state index contributed by atoms with van der Waals surface area (Å²) in [7, 11) is 0. The molecule has 0 saturated heterocycles. The van der Waals surface area contributed by atoms with Crippen LogP contribution in [-0.4, -0.2) is 6.61 Å². The van der Waals surface area contributed by atoms with Crippen LogP contribution in [-0.2, 0) is 6.42 Å². The van der Waals surface area contributed by atoms with E-state index in [-0.39, 0.29) is 0 Å². The SMILES string of the molecule is CCCCOc1ccc(-c2ccc(-c3ccc(CCC)cc3)c(C#N)c2C#N)cc1. The van der Waals surface area contributed by atoms with E-state index >= 15 is 0 Å².